The predicted octanol–water partition coefficient (Wildman–Crippen LogP) is -0.353. The van der Waals surface area contributed by atoms with Crippen molar-refractivity contribution in [3.05, 3.63) is 16.2 Å². The minimum Gasteiger partial charge on any atom is -0.486 e. The summed E-state index contributed by atoms with van der Waals surface area (Å²) in [6.45, 7) is 5.09. The van der Waals surface area contributed by atoms with Crippen LogP contribution >= 0.6 is 0 Å². The van der Waals surface area contributed by atoms with Crippen LogP contribution in [0.5, 0.6) is 5.75 Å². The van der Waals surface area contributed by atoms with E-state index in [1.54, 1.807) is 13.8 Å². The first kappa shape index (κ1) is 15.3. The molecule has 1 fully saturated rings. The molecule has 0 spiro atoms. The quantitative estimate of drug-likeness (QED) is 0.791. The number of nitrogens with one attached hydrogen (secondary N) is 1. The fourth-order valence-electron chi connectivity index (χ4n) is 2.64. The molecule has 0 bridgehead atoms. The van der Waals surface area contributed by atoms with Crippen LogP contribution in [0.3, 0.4) is 0 Å². The molecule has 1 saturated heterocycles. The fraction of sp³-hybridized carbons (Fsp3) is 0.692. The van der Waals surface area contributed by atoms with Gasteiger partial charge in [-0.25, -0.2) is 13.2 Å². The lowest BCUT2D eigenvalue weighted by atomic mass is 10.1. The van der Waals surface area contributed by atoms with Crippen molar-refractivity contribution in [1.29, 1.82) is 0 Å². The van der Waals surface area contributed by atoms with Crippen molar-refractivity contribution < 1.29 is 17.9 Å². The van der Waals surface area contributed by atoms with Crippen molar-refractivity contribution >= 4 is 15.7 Å². The van der Waals surface area contributed by atoms with Crippen molar-refractivity contribution in [2.75, 3.05) is 37.5 Å². The number of nitrogens with zero attached hydrogens (tertiary/aromatic N) is 2. The molecule has 122 valence electrons. The van der Waals surface area contributed by atoms with Gasteiger partial charge in [-0.15, -0.1) is 0 Å². The molecule has 1 aromatic rings. The third kappa shape index (κ3) is 2.28. The number of H-pyrrole nitrogens is 1. The molecule has 22 heavy (non-hydrogen) atoms. The van der Waals surface area contributed by atoms with Gasteiger partial charge in [0.25, 0.3) is 0 Å². The van der Waals surface area contributed by atoms with Gasteiger partial charge in [-0.2, -0.15) is 4.98 Å². The minimum absolute atomic E-state index is 0.00949. The summed E-state index contributed by atoms with van der Waals surface area (Å²) >= 11 is 0. The average Bonchev–Trinajstić information content (AvgIpc) is 2.45. The highest BCUT2D eigenvalue weighted by Gasteiger charge is 2.41. The van der Waals surface area contributed by atoms with Crippen molar-refractivity contribution in [2.45, 2.75) is 24.6 Å². The van der Waals surface area contributed by atoms with Crippen LogP contribution in [0.4, 0.5) is 5.82 Å². The van der Waals surface area contributed by atoms with Crippen molar-refractivity contribution in [2.24, 2.45) is 0 Å². The molecule has 0 amide bonds. The second-order valence-electron chi connectivity index (χ2n) is 6.09. The Bertz CT molecular complexity index is 755. The van der Waals surface area contributed by atoms with Gasteiger partial charge in [0.15, 0.2) is 21.4 Å². The van der Waals surface area contributed by atoms with E-state index in [-0.39, 0.29) is 11.7 Å². The molecule has 1 atom stereocenters. The number of anilines is 1. The molecular weight excluding hydrogens is 310 g/mol. The summed E-state index contributed by atoms with van der Waals surface area (Å²) in [4.78, 5) is 20.4. The third-order valence-corrected chi connectivity index (χ3v) is 6.38. The highest BCUT2D eigenvalue weighted by Crippen LogP contribution is 2.41. The predicted molar refractivity (Wildman–Crippen MR) is 80.2 cm³/mol. The Balaban J connectivity index is 2.19. The Hall–Kier alpha value is -1.61. The van der Waals surface area contributed by atoms with Gasteiger partial charge in [-0.1, -0.05) is 0 Å². The molecule has 1 aromatic heterocycles. The fourth-order valence-corrected chi connectivity index (χ4v) is 3.16. The van der Waals surface area contributed by atoms with E-state index < -0.39 is 20.3 Å². The van der Waals surface area contributed by atoms with E-state index in [2.05, 4.69) is 9.97 Å². The summed E-state index contributed by atoms with van der Waals surface area (Å²) in [5.41, 5.74) is -0.337. The molecule has 2 aliphatic rings. The van der Waals surface area contributed by atoms with Gasteiger partial charge < -0.3 is 19.4 Å². The standard InChI is InChI=1S/C13H19N3O5S/c1-13(2,22(3,18)19)10-9-11(15-12(17)14-10)16-4-5-20-6-8(16)7-21-9/h8H,4-7H2,1-3H3,(H,14,15,17). The van der Waals surface area contributed by atoms with Gasteiger partial charge in [0, 0.05) is 12.8 Å². The Morgan fingerprint density at radius 3 is 2.77 bits per heavy atom. The number of hydrogen-bond acceptors (Lipinski definition) is 7. The van der Waals surface area contributed by atoms with Crippen LogP contribution in [0, 0.1) is 0 Å². The first-order chi connectivity index (χ1) is 10.2. The van der Waals surface area contributed by atoms with Crippen LogP contribution in [0.1, 0.15) is 19.5 Å². The van der Waals surface area contributed by atoms with Gasteiger partial charge >= 0.3 is 5.69 Å². The van der Waals surface area contributed by atoms with Gasteiger partial charge in [0.1, 0.15) is 11.4 Å². The zero-order valence-electron chi connectivity index (χ0n) is 12.7. The number of aromatic amines is 1. The Morgan fingerprint density at radius 2 is 2.09 bits per heavy atom. The number of rotatable bonds is 2. The summed E-state index contributed by atoms with van der Waals surface area (Å²) in [6.07, 6.45) is 1.14. The highest BCUT2D eigenvalue weighted by atomic mass is 32.2. The van der Waals surface area contributed by atoms with Crippen LogP contribution in [0.25, 0.3) is 0 Å². The first-order valence-electron chi connectivity index (χ1n) is 7.03. The zero-order chi connectivity index (χ0) is 16.1. The number of morpholine rings is 1. The van der Waals surface area contributed by atoms with Gasteiger partial charge in [-0.05, 0) is 13.8 Å². The lowest BCUT2D eigenvalue weighted by Gasteiger charge is -2.41. The van der Waals surface area contributed by atoms with Gasteiger partial charge in [0.2, 0.25) is 0 Å². The maximum Gasteiger partial charge on any atom is 0.347 e. The monoisotopic (exact) mass is 329 g/mol. The van der Waals surface area contributed by atoms with Crippen molar-refractivity contribution in [3.63, 3.8) is 0 Å². The van der Waals surface area contributed by atoms with Crippen molar-refractivity contribution in [3.8, 4) is 5.75 Å². The number of ether oxygens (including phenoxy) is 2. The number of sulfone groups is 1. The van der Waals surface area contributed by atoms with Gasteiger partial charge in [-0.3, -0.25) is 0 Å². The molecule has 9 heteroatoms. The topological polar surface area (TPSA) is 102 Å². The molecule has 0 aromatic carbocycles. The molecule has 2 aliphatic heterocycles. The summed E-state index contributed by atoms with van der Waals surface area (Å²) in [5.74, 6) is 0.739. The third-order valence-electron chi connectivity index (χ3n) is 4.32. The molecule has 1 unspecified atom stereocenters. The maximum absolute atomic E-state index is 12.1. The normalized spacial score (nSPS) is 21.8. The molecule has 0 aliphatic carbocycles. The van der Waals surface area contributed by atoms with E-state index in [0.717, 1.165) is 6.26 Å². The first-order valence-corrected chi connectivity index (χ1v) is 8.92. The smallest absolute Gasteiger partial charge is 0.347 e. The van der Waals surface area contributed by atoms with Crippen LogP contribution in [0.15, 0.2) is 4.79 Å². The molecular formula is C13H19N3O5S. The largest absolute Gasteiger partial charge is 0.486 e. The molecule has 8 nitrogen and oxygen atoms in total. The Kier molecular flexibility index (Phi) is 3.44. The maximum atomic E-state index is 12.1. The number of hydrogen-bond donors (Lipinski definition) is 1. The average molecular weight is 329 g/mol. The number of aromatic nitrogens is 2. The van der Waals surface area contributed by atoms with Crippen LogP contribution < -0.4 is 15.3 Å². The summed E-state index contributed by atoms with van der Waals surface area (Å²) < 4.78 is 34.1. The summed E-state index contributed by atoms with van der Waals surface area (Å²) in [6, 6.07) is -0.00949. The Morgan fingerprint density at radius 1 is 1.36 bits per heavy atom. The van der Waals surface area contributed by atoms with E-state index in [9.17, 15) is 13.2 Å². The Labute approximate surface area is 128 Å². The van der Waals surface area contributed by atoms with E-state index in [1.165, 1.54) is 0 Å². The molecule has 1 N–H and O–H groups in total. The molecule has 0 radical (unpaired) electrons. The van der Waals surface area contributed by atoms with E-state index in [1.807, 2.05) is 4.90 Å². The van der Waals surface area contributed by atoms with Crippen LogP contribution in [-0.2, 0) is 19.3 Å². The minimum atomic E-state index is -3.46. The SMILES string of the molecule is CC(C)(c1[nH]c(=O)nc2c1OCC1COCCN21)S(C)(=O)=O. The summed E-state index contributed by atoms with van der Waals surface area (Å²) in [7, 11) is -3.46. The van der Waals surface area contributed by atoms with E-state index >= 15 is 0 Å². The lowest BCUT2D eigenvalue weighted by Crippen LogP contribution is -2.52. The summed E-state index contributed by atoms with van der Waals surface area (Å²) in [5, 5.41) is 0. The lowest BCUT2D eigenvalue weighted by molar-refractivity contribution is 0.0690. The number of fused-ring (bicyclic) bond motifs is 3. The molecule has 3 heterocycles. The van der Waals surface area contributed by atoms with Gasteiger partial charge in [0.05, 0.1) is 24.9 Å². The van der Waals surface area contributed by atoms with E-state index in [4.69, 9.17) is 9.47 Å². The molecule has 3 rings (SSSR count). The van der Waals surface area contributed by atoms with Crippen LogP contribution in [-0.4, -0.2) is 57.0 Å². The highest BCUT2D eigenvalue weighted by molar-refractivity contribution is 7.91. The van der Waals surface area contributed by atoms with Crippen LogP contribution in [0.2, 0.25) is 0 Å². The van der Waals surface area contributed by atoms with Crippen molar-refractivity contribution in [1.82, 2.24) is 9.97 Å². The second kappa shape index (κ2) is 4.95. The van der Waals surface area contributed by atoms with E-state index in [0.29, 0.717) is 37.9 Å². The molecule has 0 saturated carbocycles. The second-order valence-corrected chi connectivity index (χ2v) is 8.65. The zero-order valence-corrected chi connectivity index (χ0v) is 13.6.